The largest absolute Gasteiger partial charge is 0.466 e. The van der Waals surface area contributed by atoms with Gasteiger partial charge in [-0.1, -0.05) is 263 Å². The quantitative estimate of drug-likeness (QED) is 0.0321. The fraction of sp³-hybridized carbons (Fsp3) is 0.897. The molecule has 0 aliphatic rings. The molecule has 0 rings (SSSR count). The maximum atomic E-state index is 12.5. The fourth-order valence-corrected chi connectivity index (χ4v) is 8.85. The highest BCUT2D eigenvalue weighted by Crippen LogP contribution is 2.17. The van der Waals surface area contributed by atoms with Crippen molar-refractivity contribution < 1.29 is 24.5 Å². The Morgan fingerprint density at radius 3 is 1.22 bits per heavy atom. The first kappa shape index (κ1) is 62.3. The number of unbranched alkanes of at least 4 members (excludes halogenated alkanes) is 38. The normalized spacial score (nSPS) is 12.8. The van der Waals surface area contributed by atoms with Crippen LogP contribution in [0.1, 0.15) is 309 Å². The average Bonchev–Trinajstić information content (AvgIpc) is 3.29. The minimum Gasteiger partial charge on any atom is -0.466 e. The molecule has 378 valence electrons. The molecular weight excluding hydrogens is 791 g/mol. The molecule has 2 unspecified atom stereocenters. The van der Waals surface area contributed by atoms with E-state index in [-0.39, 0.29) is 18.5 Å². The molecule has 6 heteroatoms. The lowest BCUT2D eigenvalue weighted by Gasteiger charge is -2.22. The maximum absolute atomic E-state index is 12.5. The van der Waals surface area contributed by atoms with Crippen molar-refractivity contribution >= 4 is 11.9 Å². The molecule has 6 nitrogen and oxygen atoms in total. The number of nitrogens with one attached hydrogen (secondary N) is 1. The van der Waals surface area contributed by atoms with Crippen LogP contribution in [0.5, 0.6) is 0 Å². The summed E-state index contributed by atoms with van der Waals surface area (Å²) in [7, 11) is 0. The fourth-order valence-electron chi connectivity index (χ4n) is 8.85. The lowest BCUT2D eigenvalue weighted by molar-refractivity contribution is -0.143. The van der Waals surface area contributed by atoms with Gasteiger partial charge in [0, 0.05) is 12.8 Å². The van der Waals surface area contributed by atoms with E-state index < -0.39 is 12.1 Å². The summed E-state index contributed by atoms with van der Waals surface area (Å²) in [5.41, 5.74) is 0. The van der Waals surface area contributed by atoms with E-state index >= 15 is 0 Å². The van der Waals surface area contributed by atoms with Crippen LogP contribution in [0.3, 0.4) is 0 Å². The highest BCUT2D eigenvalue weighted by Gasteiger charge is 2.20. The summed E-state index contributed by atoms with van der Waals surface area (Å²) in [6.07, 6.45) is 64.4. The molecule has 0 aromatic rings. The predicted octanol–water partition coefficient (Wildman–Crippen LogP) is 17.5. The van der Waals surface area contributed by atoms with Crippen molar-refractivity contribution in [3.05, 3.63) is 24.3 Å². The Labute approximate surface area is 399 Å². The topological polar surface area (TPSA) is 95.9 Å². The van der Waals surface area contributed by atoms with Crippen LogP contribution in [-0.4, -0.2) is 47.4 Å². The molecule has 0 radical (unpaired) electrons. The number of rotatable bonds is 53. The van der Waals surface area contributed by atoms with Gasteiger partial charge in [-0.3, -0.25) is 9.59 Å². The summed E-state index contributed by atoms with van der Waals surface area (Å²) < 4.78 is 5.46. The van der Waals surface area contributed by atoms with E-state index in [1.54, 1.807) is 0 Å². The predicted molar refractivity (Wildman–Crippen MR) is 278 cm³/mol. The average molecular weight is 903 g/mol. The van der Waals surface area contributed by atoms with Crippen molar-refractivity contribution in [3.63, 3.8) is 0 Å². The second-order valence-electron chi connectivity index (χ2n) is 19.6. The second kappa shape index (κ2) is 54.0. The molecule has 0 bridgehead atoms. The number of ether oxygens (including phenoxy) is 1. The Morgan fingerprint density at radius 2 is 0.781 bits per heavy atom. The second-order valence-corrected chi connectivity index (χ2v) is 19.6. The van der Waals surface area contributed by atoms with E-state index in [1.165, 1.54) is 212 Å². The van der Waals surface area contributed by atoms with Gasteiger partial charge in [-0.2, -0.15) is 0 Å². The number of amides is 1. The summed E-state index contributed by atoms with van der Waals surface area (Å²) >= 11 is 0. The molecular formula is C58H111NO5. The third kappa shape index (κ3) is 49.8. The minimum atomic E-state index is -0.683. The van der Waals surface area contributed by atoms with Crippen LogP contribution in [0, 0.1) is 0 Å². The molecule has 0 heterocycles. The monoisotopic (exact) mass is 902 g/mol. The van der Waals surface area contributed by atoms with Crippen molar-refractivity contribution in [2.45, 2.75) is 321 Å². The van der Waals surface area contributed by atoms with E-state index in [2.05, 4.69) is 43.5 Å². The Kier molecular flexibility index (Phi) is 52.6. The summed E-state index contributed by atoms with van der Waals surface area (Å²) in [4.78, 5) is 24.6. The third-order valence-electron chi connectivity index (χ3n) is 13.3. The number of aliphatic hydroxyl groups excluding tert-OH is 2. The van der Waals surface area contributed by atoms with E-state index in [9.17, 15) is 19.8 Å². The Hall–Kier alpha value is -1.66. The van der Waals surface area contributed by atoms with Gasteiger partial charge in [0.25, 0.3) is 0 Å². The van der Waals surface area contributed by atoms with Crippen LogP contribution in [-0.2, 0) is 14.3 Å². The zero-order valence-electron chi connectivity index (χ0n) is 43.0. The van der Waals surface area contributed by atoms with Gasteiger partial charge < -0.3 is 20.3 Å². The van der Waals surface area contributed by atoms with Crippen molar-refractivity contribution in [2.24, 2.45) is 0 Å². The Morgan fingerprint density at radius 1 is 0.438 bits per heavy atom. The number of hydrogen-bond acceptors (Lipinski definition) is 5. The zero-order valence-corrected chi connectivity index (χ0v) is 43.0. The maximum Gasteiger partial charge on any atom is 0.305 e. The number of aliphatic hydroxyl groups is 2. The van der Waals surface area contributed by atoms with Crippen LogP contribution >= 0.6 is 0 Å². The van der Waals surface area contributed by atoms with Crippen molar-refractivity contribution in [3.8, 4) is 0 Å². The zero-order chi connectivity index (χ0) is 46.5. The van der Waals surface area contributed by atoms with Gasteiger partial charge in [0.15, 0.2) is 0 Å². The molecule has 0 fully saturated rings. The van der Waals surface area contributed by atoms with Gasteiger partial charge in [-0.25, -0.2) is 0 Å². The highest BCUT2D eigenvalue weighted by molar-refractivity contribution is 5.76. The van der Waals surface area contributed by atoms with Crippen LogP contribution in [0.4, 0.5) is 0 Å². The van der Waals surface area contributed by atoms with E-state index in [0.717, 1.165) is 64.2 Å². The number of carbonyl (C=O) groups is 2. The number of hydrogen-bond donors (Lipinski definition) is 3. The van der Waals surface area contributed by atoms with Crippen molar-refractivity contribution in [1.29, 1.82) is 0 Å². The molecule has 0 spiro atoms. The SMILES string of the molecule is CCCCC/C=C\C/C=C\CCCCCCCCCC(=O)OCCCCCCCCCCCC(=O)NC(CO)C(O)CCCCCCCCCCCCCCCCCCCCCCC. The van der Waals surface area contributed by atoms with Crippen molar-refractivity contribution in [1.82, 2.24) is 5.32 Å². The molecule has 2 atom stereocenters. The van der Waals surface area contributed by atoms with Gasteiger partial charge in [-0.15, -0.1) is 0 Å². The first-order valence-electron chi connectivity index (χ1n) is 28.6. The lowest BCUT2D eigenvalue weighted by atomic mass is 10.0. The van der Waals surface area contributed by atoms with Gasteiger partial charge >= 0.3 is 5.97 Å². The van der Waals surface area contributed by atoms with Crippen LogP contribution < -0.4 is 5.32 Å². The summed E-state index contributed by atoms with van der Waals surface area (Å²) in [6, 6.07) is -0.563. The molecule has 64 heavy (non-hydrogen) atoms. The van der Waals surface area contributed by atoms with E-state index in [1.807, 2.05) is 0 Å². The van der Waals surface area contributed by atoms with Gasteiger partial charge in [-0.05, 0) is 57.8 Å². The molecule has 0 aliphatic heterocycles. The Balaban J connectivity index is 3.48. The van der Waals surface area contributed by atoms with Crippen LogP contribution in [0.15, 0.2) is 24.3 Å². The molecule has 0 aliphatic carbocycles. The molecule has 0 aromatic carbocycles. The third-order valence-corrected chi connectivity index (χ3v) is 13.3. The summed E-state index contributed by atoms with van der Waals surface area (Å²) in [6.45, 7) is 4.88. The number of carbonyl (C=O) groups excluding carboxylic acids is 2. The van der Waals surface area contributed by atoms with Gasteiger partial charge in [0.2, 0.25) is 5.91 Å². The minimum absolute atomic E-state index is 0.0318. The van der Waals surface area contributed by atoms with E-state index in [0.29, 0.717) is 25.9 Å². The summed E-state index contributed by atoms with van der Waals surface area (Å²) in [5.74, 6) is -0.0924. The van der Waals surface area contributed by atoms with Crippen LogP contribution in [0.25, 0.3) is 0 Å². The lowest BCUT2D eigenvalue weighted by Crippen LogP contribution is -2.45. The smallest absolute Gasteiger partial charge is 0.305 e. The van der Waals surface area contributed by atoms with Crippen LogP contribution in [0.2, 0.25) is 0 Å². The molecule has 0 saturated carbocycles. The molecule has 0 saturated heterocycles. The van der Waals surface area contributed by atoms with Gasteiger partial charge in [0.1, 0.15) is 0 Å². The first-order chi connectivity index (χ1) is 31.5. The van der Waals surface area contributed by atoms with E-state index in [4.69, 9.17) is 4.74 Å². The first-order valence-corrected chi connectivity index (χ1v) is 28.6. The Bertz CT molecular complexity index is 997. The number of allylic oxidation sites excluding steroid dienone is 4. The molecule has 1 amide bonds. The molecule has 3 N–H and O–H groups in total. The molecule has 0 aromatic heterocycles. The summed E-state index contributed by atoms with van der Waals surface area (Å²) in [5, 5.41) is 23.3. The van der Waals surface area contributed by atoms with Gasteiger partial charge in [0.05, 0.1) is 25.4 Å². The standard InChI is InChI=1S/C58H111NO5/c1-3-5-7-9-11-13-15-17-19-21-22-23-24-26-27-29-31-34-38-42-46-50-56(61)55(54-60)59-57(62)51-47-43-39-35-33-37-41-45-49-53-64-58(63)52-48-44-40-36-32-30-28-25-20-18-16-14-12-10-8-6-4-2/h12,14,18,20,55-56,60-61H,3-11,13,15-17,19,21-54H2,1-2H3,(H,59,62)/b14-12-,20-18-. The highest BCUT2D eigenvalue weighted by atomic mass is 16.5. The van der Waals surface area contributed by atoms with Crippen molar-refractivity contribution in [2.75, 3.05) is 13.2 Å². The number of esters is 1.